The predicted molar refractivity (Wildman–Crippen MR) is 115 cm³/mol. The van der Waals surface area contributed by atoms with Crippen LogP contribution in [-0.2, 0) is 6.54 Å². The molecule has 0 radical (unpaired) electrons. The van der Waals surface area contributed by atoms with Gasteiger partial charge in [-0.2, -0.15) is 0 Å². The number of aromatic nitrogens is 2. The number of nitrogens with one attached hydrogen (secondary N) is 1. The van der Waals surface area contributed by atoms with Crippen LogP contribution in [0.2, 0.25) is 0 Å². The molecule has 0 spiro atoms. The monoisotopic (exact) mass is 400 g/mol. The maximum absolute atomic E-state index is 5.74. The summed E-state index contributed by atoms with van der Waals surface area (Å²) < 4.78 is 7.83. The summed E-state index contributed by atoms with van der Waals surface area (Å²) in [4.78, 5) is 6.79. The Hall–Kier alpha value is -3.38. The van der Waals surface area contributed by atoms with Crippen molar-refractivity contribution in [3.8, 4) is 5.69 Å². The number of thiocarbonyl (C=S) groups is 1. The van der Waals surface area contributed by atoms with Gasteiger partial charge in [0.2, 0.25) is 0 Å². The Labute approximate surface area is 174 Å². The van der Waals surface area contributed by atoms with E-state index in [-0.39, 0.29) is 12.1 Å². The molecule has 1 aliphatic rings. The van der Waals surface area contributed by atoms with Gasteiger partial charge in [0.25, 0.3) is 0 Å². The highest BCUT2D eigenvalue weighted by atomic mass is 32.1. The van der Waals surface area contributed by atoms with Crippen molar-refractivity contribution in [3.63, 3.8) is 0 Å². The van der Waals surface area contributed by atoms with Crippen LogP contribution in [0.4, 0.5) is 0 Å². The lowest BCUT2D eigenvalue weighted by molar-refractivity contribution is 0.280. The van der Waals surface area contributed by atoms with Crippen molar-refractivity contribution in [2.75, 3.05) is 0 Å². The summed E-state index contributed by atoms with van der Waals surface area (Å²) in [5.74, 6) is 0.874. The SMILES string of the molecule is S=C1N[C@H](c2ccccn2)[C@H](c2cccn2-c2ccccc2)N1Cc1ccco1. The third-order valence-electron chi connectivity index (χ3n) is 5.22. The number of furan rings is 1. The summed E-state index contributed by atoms with van der Waals surface area (Å²) in [7, 11) is 0. The van der Waals surface area contributed by atoms with Crippen LogP contribution in [0.15, 0.2) is 95.9 Å². The zero-order valence-electron chi connectivity index (χ0n) is 15.7. The quantitative estimate of drug-likeness (QED) is 0.495. The van der Waals surface area contributed by atoms with E-state index in [1.54, 1.807) is 6.26 Å². The van der Waals surface area contributed by atoms with Crippen molar-refractivity contribution >= 4 is 17.3 Å². The first-order chi connectivity index (χ1) is 14.3. The van der Waals surface area contributed by atoms with Crippen molar-refractivity contribution in [2.24, 2.45) is 0 Å². The molecule has 3 aromatic heterocycles. The van der Waals surface area contributed by atoms with Crippen LogP contribution < -0.4 is 5.32 Å². The zero-order chi connectivity index (χ0) is 19.6. The number of hydrogen-bond donors (Lipinski definition) is 1. The van der Waals surface area contributed by atoms with Gasteiger partial charge in [-0.1, -0.05) is 24.3 Å². The van der Waals surface area contributed by atoms with Crippen LogP contribution in [0.1, 0.15) is 29.2 Å². The standard InChI is InChI=1S/C23H20N4OS/c29-23-25-21(19-11-4-5-13-24-19)22(27(23)16-18-10-7-15-28-18)20-12-6-14-26(20)17-8-2-1-3-9-17/h1-15,21-22H,16H2,(H,25,29)/t21-,22+/m1/s1. The van der Waals surface area contributed by atoms with E-state index >= 15 is 0 Å². The van der Waals surface area contributed by atoms with Crippen molar-refractivity contribution in [1.82, 2.24) is 19.8 Å². The van der Waals surface area contributed by atoms with Crippen LogP contribution in [0, 0.1) is 0 Å². The Balaban J connectivity index is 1.61. The van der Waals surface area contributed by atoms with Crippen LogP contribution in [-0.4, -0.2) is 19.6 Å². The maximum atomic E-state index is 5.74. The Morgan fingerprint density at radius 1 is 0.966 bits per heavy atom. The molecule has 29 heavy (non-hydrogen) atoms. The number of para-hydroxylation sites is 1. The van der Waals surface area contributed by atoms with Gasteiger partial charge in [0.15, 0.2) is 5.11 Å². The van der Waals surface area contributed by atoms with E-state index in [1.165, 1.54) is 0 Å². The fourth-order valence-corrected chi connectivity index (χ4v) is 4.23. The van der Waals surface area contributed by atoms with Gasteiger partial charge in [-0.05, 0) is 60.7 Å². The van der Waals surface area contributed by atoms with Crippen LogP contribution in [0.25, 0.3) is 5.69 Å². The van der Waals surface area contributed by atoms with Crippen LogP contribution >= 0.6 is 12.2 Å². The Bertz CT molecular complexity index is 1090. The van der Waals surface area contributed by atoms with Gasteiger partial charge in [0.05, 0.1) is 30.6 Å². The molecular weight excluding hydrogens is 380 g/mol. The lowest BCUT2D eigenvalue weighted by atomic mass is 10.0. The van der Waals surface area contributed by atoms with Gasteiger partial charge in [0.1, 0.15) is 5.76 Å². The summed E-state index contributed by atoms with van der Waals surface area (Å²) in [6, 6.07) is 24.3. The molecule has 2 atom stereocenters. The highest BCUT2D eigenvalue weighted by Crippen LogP contribution is 2.40. The van der Waals surface area contributed by atoms with Gasteiger partial charge >= 0.3 is 0 Å². The minimum absolute atomic E-state index is 0.0299. The van der Waals surface area contributed by atoms with E-state index in [0.717, 1.165) is 22.8 Å². The molecule has 0 bridgehead atoms. The number of rotatable bonds is 5. The van der Waals surface area contributed by atoms with E-state index in [1.807, 2.05) is 54.7 Å². The molecule has 4 aromatic rings. The summed E-state index contributed by atoms with van der Waals surface area (Å²) in [5, 5.41) is 4.19. The second-order valence-corrected chi connectivity index (χ2v) is 7.36. The van der Waals surface area contributed by atoms with Gasteiger partial charge < -0.3 is 19.2 Å². The molecule has 0 amide bonds. The Morgan fingerprint density at radius 3 is 2.59 bits per heavy atom. The lowest BCUT2D eigenvalue weighted by Crippen LogP contribution is -2.29. The van der Waals surface area contributed by atoms with E-state index in [0.29, 0.717) is 11.7 Å². The molecule has 6 heteroatoms. The minimum Gasteiger partial charge on any atom is -0.467 e. The molecule has 5 nitrogen and oxygen atoms in total. The molecule has 0 aliphatic carbocycles. The Kier molecular flexibility index (Phi) is 4.62. The molecule has 1 aromatic carbocycles. The minimum atomic E-state index is -0.0592. The van der Waals surface area contributed by atoms with Crippen molar-refractivity contribution in [3.05, 3.63) is 109 Å². The number of pyridine rings is 1. The summed E-state index contributed by atoms with van der Waals surface area (Å²) in [5.41, 5.74) is 3.22. The van der Waals surface area contributed by atoms with E-state index in [4.69, 9.17) is 16.6 Å². The smallest absolute Gasteiger partial charge is 0.170 e. The molecule has 144 valence electrons. The summed E-state index contributed by atoms with van der Waals surface area (Å²) in [6.45, 7) is 0.590. The average Bonchev–Trinajstić information content (AvgIpc) is 3.51. The van der Waals surface area contributed by atoms with Crippen LogP contribution in [0.3, 0.4) is 0 Å². The fourth-order valence-electron chi connectivity index (χ4n) is 3.93. The predicted octanol–water partition coefficient (Wildman–Crippen LogP) is 4.64. The topological polar surface area (TPSA) is 46.2 Å². The van der Waals surface area contributed by atoms with E-state index in [2.05, 4.69) is 50.2 Å². The molecule has 4 heterocycles. The summed E-state index contributed by atoms with van der Waals surface area (Å²) in [6.07, 6.45) is 5.61. The Morgan fingerprint density at radius 2 is 1.83 bits per heavy atom. The molecular formula is C23H20N4OS. The first-order valence-electron chi connectivity index (χ1n) is 9.54. The van der Waals surface area contributed by atoms with Gasteiger partial charge in [-0.15, -0.1) is 0 Å². The molecule has 1 saturated heterocycles. The highest BCUT2D eigenvalue weighted by molar-refractivity contribution is 7.80. The second kappa shape index (κ2) is 7.56. The first-order valence-corrected chi connectivity index (χ1v) is 9.95. The van der Waals surface area contributed by atoms with Gasteiger partial charge in [-0.25, -0.2) is 0 Å². The zero-order valence-corrected chi connectivity index (χ0v) is 16.5. The van der Waals surface area contributed by atoms with Crippen molar-refractivity contribution in [1.29, 1.82) is 0 Å². The molecule has 0 unspecified atom stereocenters. The number of hydrogen-bond acceptors (Lipinski definition) is 3. The molecule has 1 aliphatic heterocycles. The van der Waals surface area contributed by atoms with Crippen molar-refractivity contribution < 1.29 is 4.42 Å². The maximum Gasteiger partial charge on any atom is 0.170 e. The van der Waals surface area contributed by atoms with Crippen LogP contribution in [0.5, 0.6) is 0 Å². The molecule has 1 fully saturated rings. The molecule has 0 saturated carbocycles. The van der Waals surface area contributed by atoms with Gasteiger partial charge in [-0.3, -0.25) is 4.98 Å². The normalized spacial score (nSPS) is 18.8. The second-order valence-electron chi connectivity index (χ2n) is 6.97. The third-order valence-corrected chi connectivity index (χ3v) is 5.57. The fraction of sp³-hybridized carbons (Fsp3) is 0.130. The summed E-state index contributed by atoms with van der Waals surface area (Å²) >= 11 is 5.74. The molecule has 5 rings (SSSR count). The lowest BCUT2D eigenvalue weighted by Gasteiger charge is -2.28. The van der Waals surface area contributed by atoms with E-state index < -0.39 is 0 Å². The van der Waals surface area contributed by atoms with Gasteiger partial charge in [0, 0.05) is 23.8 Å². The first kappa shape index (κ1) is 17.7. The third kappa shape index (κ3) is 3.32. The van der Waals surface area contributed by atoms with E-state index in [9.17, 15) is 0 Å². The molecule has 1 N–H and O–H groups in total. The largest absolute Gasteiger partial charge is 0.467 e. The number of nitrogens with zero attached hydrogens (tertiary/aromatic N) is 3. The van der Waals surface area contributed by atoms with Crippen molar-refractivity contribution in [2.45, 2.75) is 18.6 Å². The number of benzene rings is 1. The average molecular weight is 401 g/mol. The highest BCUT2D eigenvalue weighted by Gasteiger charge is 2.41.